The maximum Gasteiger partial charge on any atom is 0.416 e. The summed E-state index contributed by atoms with van der Waals surface area (Å²) in [6.45, 7) is 5.34. The van der Waals surface area contributed by atoms with Crippen molar-refractivity contribution in [2.45, 2.75) is 32.9 Å². The fraction of sp³-hybridized carbons (Fsp3) is 0.417. The number of H-pyrrole nitrogens is 1. The highest BCUT2D eigenvalue weighted by molar-refractivity contribution is 5.77. The van der Waals surface area contributed by atoms with E-state index < -0.39 is 11.7 Å². The highest BCUT2D eigenvalue weighted by Gasteiger charge is 2.32. The van der Waals surface area contributed by atoms with Gasteiger partial charge in [-0.3, -0.25) is 0 Å². The summed E-state index contributed by atoms with van der Waals surface area (Å²) in [7, 11) is 0. The van der Waals surface area contributed by atoms with Gasteiger partial charge in [0.2, 0.25) is 0 Å². The average Bonchev–Trinajstić information content (AvgIpc) is 2.57. The van der Waals surface area contributed by atoms with Crippen LogP contribution >= 0.6 is 0 Å². The fourth-order valence-corrected chi connectivity index (χ4v) is 1.76. The van der Waals surface area contributed by atoms with E-state index in [4.69, 9.17) is 0 Å². The van der Waals surface area contributed by atoms with Gasteiger partial charge in [-0.1, -0.05) is 13.8 Å². The molecule has 1 N–H and O–H groups in total. The van der Waals surface area contributed by atoms with Crippen LogP contribution in [0.15, 0.2) is 12.1 Å². The van der Waals surface area contributed by atoms with Gasteiger partial charge >= 0.3 is 6.18 Å². The van der Waals surface area contributed by atoms with Crippen molar-refractivity contribution in [2.24, 2.45) is 0 Å². The molecule has 0 spiro atoms. The van der Waals surface area contributed by atoms with Crippen LogP contribution in [-0.2, 0) is 6.18 Å². The van der Waals surface area contributed by atoms with Gasteiger partial charge in [0.25, 0.3) is 0 Å². The van der Waals surface area contributed by atoms with Crippen LogP contribution in [0.25, 0.3) is 11.0 Å². The highest BCUT2D eigenvalue weighted by atomic mass is 19.4. The molecule has 92 valence electrons. The summed E-state index contributed by atoms with van der Waals surface area (Å²) in [6.07, 6.45) is -4.32. The standard InChI is InChI=1S/C12H13F3N2/c1-6(2)11-16-9-4-7(3)8(12(13,14)15)5-10(9)17-11/h4-6H,1-3H3,(H,16,17). The maximum absolute atomic E-state index is 12.7. The first-order valence-corrected chi connectivity index (χ1v) is 5.36. The maximum atomic E-state index is 12.7. The zero-order valence-corrected chi connectivity index (χ0v) is 9.81. The van der Waals surface area contributed by atoms with E-state index in [1.165, 1.54) is 13.0 Å². The lowest BCUT2D eigenvalue weighted by Gasteiger charge is -2.09. The number of hydrogen-bond donors (Lipinski definition) is 1. The van der Waals surface area contributed by atoms with Crippen LogP contribution in [0.5, 0.6) is 0 Å². The van der Waals surface area contributed by atoms with Gasteiger partial charge in [0.15, 0.2) is 0 Å². The lowest BCUT2D eigenvalue weighted by molar-refractivity contribution is -0.137. The largest absolute Gasteiger partial charge is 0.416 e. The summed E-state index contributed by atoms with van der Waals surface area (Å²) in [4.78, 5) is 7.21. The zero-order valence-electron chi connectivity index (χ0n) is 9.81. The predicted molar refractivity (Wildman–Crippen MR) is 59.9 cm³/mol. The molecule has 0 aliphatic rings. The Balaban J connectivity index is 2.64. The first-order chi connectivity index (χ1) is 7.79. The number of aromatic nitrogens is 2. The Morgan fingerprint density at radius 2 is 1.88 bits per heavy atom. The number of nitrogens with one attached hydrogen (secondary N) is 1. The Bertz CT molecular complexity index is 553. The summed E-state index contributed by atoms with van der Waals surface area (Å²) < 4.78 is 38.1. The summed E-state index contributed by atoms with van der Waals surface area (Å²) in [5.74, 6) is 0.871. The number of aryl methyl sites for hydroxylation is 1. The molecule has 0 atom stereocenters. The molecule has 0 saturated heterocycles. The molecule has 0 amide bonds. The van der Waals surface area contributed by atoms with Gasteiger partial charge < -0.3 is 4.98 Å². The molecule has 1 heterocycles. The van der Waals surface area contributed by atoms with Gasteiger partial charge in [-0.25, -0.2) is 4.98 Å². The second-order valence-corrected chi connectivity index (χ2v) is 4.46. The quantitative estimate of drug-likeness (QED) is 0.804. The Labute approximate surface area is 96.9 Å². The molecule has 5 heteroatoms. The van der Waals surface area contributed by atoms with E-state index in [2.05, 4.69) is 9.97 Å². The molecule has 0 radical (unpaired) electrons. The molecular weight excluding hydrogens is 229 g/mol. The monoisotopic (exact) mass is 242 g/mol. The van der Waals surface area contributed by atoms with E-state index in [9.17, 15) is 13.2 Å². The number of benzene rings is 1. The van der Waals surface area contributed by atoms with Gasteiger partial charge in [-0.2, -0.15) is 13.2 Å². The lowest BCUT2D eigenvalue weighted by atomic mass is 10.1. The van der Waals surface area contributed by atoms with Gasteiger partial charge in [0.1, 0.15) is 5.82 Å². The molecule has 2 nitrogen and oxygen atoms in total. The van der Waals surface area contributed by atoms with Crippen molar-refractivity contribution in [1.82, 2.24) is 9.97 Å². The molecular formula is C12H13F3N2. The Hall–Kier alpha value is -1.52. The molecule has 0 saturated carbocycles. The Kier molecular flexibility index (Phi) is 2.64. The molecule has 1 aromatic heterocycles. The average molecular weight is 242 g/mol. The van der Waals surface area contributed by atoms with Crippen molar-refractivity contribution < 1.29 is 13.2 Å². The van der Waals surface area contributed by atoms with Crippen molar-refractivity contribution >= 4 is 11.0 Å². The lowest BCUT2D eigenvalue weighted by Crippen LogP contribution is -2.07. The Morgan fingerprint density at radius 1 is 1.24 bits per heavy atom. The number of fused-ring (bicyclic) bond motifs is 1. The number of alkyl halides is 3. The van der Waals surface area contributed by atoms with Crippen LogP contribution in [0.2, 0.25) is 0 Å². The van der Waals surface area contributed by atoms with Crippen molar-refractivity contribution in [1.29, 1.82) is 0 Å². The van der Waals surface area contributed by atoms with Crippen LogP contribution in [0.1, 0.15) is 36.7 Å². The summed E-state index contributed by atoms with van der Waals surface area (Å²) >= 11 is 0. The van der Waals surface area contributed by atoms with Crippen molar-refractivity contribution in [3.8, 4) is 0 Å². The number of nitrogens with zero attached hydrogens (tertiary/aromatic N) is 1. The molecule has 0 aliphatic carbocycles. The van der Waals surface area contributed by atoms with Crippen LogP contribution < -0.4 is 0 Å². The minimum Gasteiger partial charge on any atom is -0.342 e. The Morgan fingerprint density at radius 3 is 2.41 bits per heavy atom. The fourth-order valence-electron chi connectivity index (χ4n) is 1.76. The van der Waals surface area contributed by atoms with Crippen LogP contribution in [-0.4, -0.2) is 9.97 Å². The SMILES string of the molecule is Cc1cc2[nH]c(C(C)C)nc2cc1C(F)(F)F. The van der Waals surface area contributed by atoms with E-state index >= 15 is 0 Å². The number of rotatable bonds is 1. The minimum absolute atomic E-state index is 0.164. The van der Waals surface area contributed by atoms with Gasteiger partial charge in [-0.05, 0) is 24.6 Å². The molecule has 0 aliphatic heterocycles. The van der Waals surface area contributed by atoms with Crippen LogP contribution in [0.4, 0.5) is 13.2 Å². The van der Waals surface area contributed by atoms with E-state index in [1.54, 1.807) is 0 Å². The van der Waals surface area contributed by atoms with Crippen LogP contribution in [0.3, 0.4) is 0 Å². The highest BCUT2D eigenvalue weighted by Crippen LogP contribution is 2.34. The van der Waals surface area contributed by atoms with Gasteiger partial charge in [0.05, 0.1) is 16.6 Å². The molecule has 0 unspecified atom stereocenters. The van der Waals surface area contributed by atoms with E-state index in [-0.39, 0.29) is 11.5 Å². The first-order valence-electron chi connectivity index (χ1n) is 5.36. The van der Waals surface area contributed by atoms with Crippen molar-refractivity contribution in [3.63, 3.8) is 0 Å². The van der Waals surface area contributed by atoms with Gasteiger partial charge in [0, 0.05) is 5.92 Å². The minimum atomic E-state index is -4.32. The summed E-state index contributed by atoms with van der Waals surface area (Å²) in [6, 6.07) is 2.60. The predicted octanol–water partition coefficient (Wildman–Crippen LogP) is 4.01. The van der Waals surface area contributed by atoms with E-state index in [0.29, 0.717) is 16.9 Å². The second-order valence-electron chi connectivity index (χ2n) is 4.46. The molecule has 1 aromatic carbocycles. The van der Waals surface area contributed by atoms with Gasteiger partial charge in [-0.15, -0.1) is 0 Å². The second kappa shape index (κ2) is 3.75. The normalized spacial score (nSPS) is 12.6. The van der Waals surface area contributed by atoms with E-state index in [0.717, 1.165) is 6.07 Å². The summed E-state index contributed by atoms with van der Waals surface area (Å²) in [5, 5.41) is 0. The zero-order chi connectivity index (χ0) is 12.8. The molecule has 0 bridgehead atoms. The van der Waals surface area contributed by atoms with Crippen molar-refractivity contribution in [2.75, 3.05) is 0 Å². The molecule has 0 fully saturated rings. The number of aromatic amines is 1. The molecule has 2 rings (SSSR count). The smallest absolute Gasteiger partial charge is 0.342 e. The number of imidazole rings is 1. The topological polar surface area (TPSA) is 28.7 Å². The third kappa shape index (κ3) is 2.14. The first kappa shape index (κ1) is 12.0. The number of halogens is 3. The summed E-state index contributed by atoms with van der Waals surface area (Å²) in [5.41, 5.74) is 0.613. The van der Waals surface area contributed by atoms with Crippen LogP contribution in [0, 0.1) is 6.92 Å². The number of hydrogen-bond acceptors (Lipinski definition) is 1. The van der Waals surface area contributed by atoms with E-state index in [1.807, 2.05) is 13.8 Å². The third-order valence-corrected chi connectivity index (χ3v) is 2.70. The molecule has 2 aromatic rings. The van der Waals surface area contributed by atoms with Crippen molar-refractivity contribution in [3.05, 3.63) is 29.1 Å². The molecule has 17 heavy (non-hydrogen) atoms. The third-order valence-electron chi connectivity index (χ3n) is 2.70.